The molecule has 0 atom stereocenters. The summed E-state index contributed by atoms with van der Waals surface area (Å²) in [7, 11) is 0. The van der Waals surface area contributed by atoms with Crippen molar-refractivity contribution in [2.45, 2.75) is 12.3 Å². The van der Waals surface area contributed by atoms with E-state index < -0.39 is 30.9 Å². The number of hydrogen-bond acceptors (Lipinski definition) is 2. The van der Waals surface area contributed by atoms with Gasteiger partial charge in [-0.15, -0.1) is 0 Å². The third kappa shape index (κ3) is 5.21. The lowest BCUT2D eigenvalue weighted by Crippen LogP contribution is -2.42. The number of benzene rings is 1. The van der Waals surface area contributed by atoms with Gasteiger partial charge in [-0.1, -0.05) is 15.9 Å². The molecule has 1 rings (SSSR count). The number of carbonyl (C=O) groups excluding carboxylic acids is 1. The number of amides is 2. The molecule has 5 nitrogen and oxygen atoms in total. The number of carboxylic acids is 1. The van der Waals surface area contributed by atoms with Crippen molar-refractivity contribution in [1.82, 2.24) is 5.32 Å². The zero-order valence-corrected chi connectivity index (χ0v) is 11.8. The van der Waals surface area contributed by atoms with Crippen LogP contribution in [0.1, 0.15) is 10.4 Å². The average molecular weight is 373 g/mol. The van der Waals surface area contributed by atoms with Crippen LogP contribution in [0.15, 0.2) is 22.7 Å². The Labute approximate surface area is 124 Å². The van der Waals surface area contributed by atoms with E-state index in [2.05, 4.69) is 21.2 Å². The molecule has 0 aliphatic carbocycles. The number of alkyl halides is 4. The monoisotopic (exact) mass is 372 g/mol. The SMILES string of the molecule is O=C(NCC(F)(F)C(F)F)Nc1cc(Br)cc(C(=O)O)c1. The summed E-state index contributed by atoms with van der Waals surface area (Å²) in [6.45, 7) is -1.55. The summed E-state index contributed by atoms with van der Waals surface area (Å²) in [5.74, 6) is -5.61. The van der Waals surface area contributed by atoms with Gasteiger partial charge in [-0.3, -0.25) is 0 Å². The number of anilines is 1. The van der Waals surface area contributed by atoms with Crippen LogP contribution in [-0.4, -0.2) is 36.0 Å². The van der Waals surface area contributed by atoms with Crippen molar-refractivity contribution in [2.75, 3.05) is 11.9 Å². The van der Waals surface area contributed by atoms with Crippen LogP contribution in [0.2, 0.25) is 0 Å². The molecular formula is C11H9BrF4N2O3. The first-order valence-electron chi connectivity index (χ1n) is 5.36. The highest BCUT2D eigenvalue weighted by Crippen LogP contribution is 2.22. The molecule has 10 heteroatoms. The topological polar surface area (TPSA) is 78.4 Å². The van der Waals surface area contributed by atoms with Gasteiger partial charge >= 0.3 is 24.3 Å². The molecule has 0 unspecified atom stereocenters. The number of rotatable bonds is 5. The molecule has 0 bridgehead atoms. The molecule has 0 radical (unpaired) electrons. The van der Waals surface area contributed by atoms with Gasteiger partial charge in [-0.2, -0.15) is 8.78 Å². The second-order valence-corrected chi connectivity index (χ2v) is 4.82. The minimum atomic E-state index is -4.35. The van der Waals surface area contributed by atoms with Gasteiger partial charge in [0.15, 0.2) is 0 Å². The Balaban J connectivity index is 2.69. The first-order valence-corrected chi connectivity index (χ1v) is 6.16. The van der Waals surface area contributed by atoms with E-state index in [-0.39, 0.29) is 11.3 Å². The lowest BCUT2D eigenvalue weighted by molar-refractivity contribution is -0.123. The summed E-state index contributed by atoms with van der Waals surface area (Å²) in [6.07, 6.45) is -3.90. The molecular weight excluding hydrogens is 364 g/mol. The van der Waals surface area contributed by atoms with Gasteiger partial charge in [-0.25, -0.2) is 18.4 Å². The van der Waals surface area contributed by atoms with Crippen molar-refractivity contribution in [3.63, 3.8) is 0 Å². The van der Waals surface area contributed by atoms with Gasteiger partial charge in [0.1, 0.15) is 0 Å². The second-order valence-electron chi connectivity index (χ2n) is 3.90. The van der Waals surface area contributed by atoms with E-state index in [1.165, 1.54) is 12.1 Å². The highest BCUT2D eigenvalue weighted by atomic mass is 79.9. The Morgan fingerprint density at radius 1 is 1.29 bits per heavy atom. The summed E-state index contributed by atoms with van der Waals surface area (Å²) in [4.78, 5) is 22.1. The normalized spacial score (nSPS) is 11.3. The first-order chi connectivity index (χ1) is 9.61. The molecule has 0 heterocycles. The van der Waals surface area contributed by atoms with E-state index in [1.807, 2.05) is 0 Å². The standard InChI is InChI=1S/C11H9BrF4N2O3/c12-6-1-5(8(19)20)2-7(3-6)18-10(21)17-4-11(15,16)9(13)14/h1-3,9H,4H2,(H,19,20)(H2,17,18,21). The smallest absolute Gasteiger partial charge is 0.335 e. The molecule has 0 fully saturated rings. The van der Waals surface area contributed by atoms with E-state index in [0.717, 1.165) is 6.07 Å². The first kappa shape index (κ1) is 17.2. The van der Waals surface area contributed by atoms with Gasteiger partial charge in [0, 0.05) is 10.2 Å². The van der Waals surface area contributed by atoms with Crippen molar-refractivity contribution < 1.29 is 32.3 Å². The predicted molar refractivity (Wildman–Crippen MR) is 69.1 cm³/mol. The quantitative estimate of drug-likeness (QED) is 0.694. The highest BCUT2D eigenvalue weighted by Gasteiger charge is 2.40. The predicted octanol–water partition coefficient (Wildman–Crippen LogP) is 3.17. The van der Waals surface area contributed by atoms with Crippen LogP contribution in [0.3, 0.4) is 0 Å². The van der Waals surface area contributed by atoms with Crippen LogP contribution < -0.4 is 10.6 Å². The summed E-state index contributed by atoms with van der Waals surface area (Å²) in [6, 6.07) is 2.50. The third-order valence-corrected chi connectivity index (χ3v) is 2.66. The summed E-state index contributed by atoms with van der Waals surface area (Å²) < 4.78 is 49.3. The van der Waals surface area contributed by atoms with Crippen LogP contribution in [-0.2, 0) is 0 Å². The third-order valence-electron chi connectivity index (χ3n) is 2.21. The number of carboxylic acid groups (broad SMARTS) is 1. The molecule has 3 N–H and O–H groups in total. The Kier molecular flexibility index (Phi) is 5.53. The molecule has 116 valence electrons. The molecule has 0 saturated carbocycles. The Morgan fingerprint density at radius 3 is 2.43 bits per heavy atom. The number of nitrogens with one attached hydrogen (secondary N) is 2. The van der Waals surface area contributed by atoms with Gasteiger partial charge in [0.05, 0.1) is 12.1 Å². The van der Waals surface area contributed by atoms with Crippen LogP contribution >= 0.6 is 15.9 Å². The van der Waals surface area contributed by atoms with Crippen LogP contribution in [0.4, 0.5) is 28.0 Å². The molecule has 1 aromatic rings. The van der Waals surface area contributed by atoms with Crippen molar-refractivity contribution >= 4 is 33.6 Å². The minimum absolute atomic E-state index is 0.000335. The van der Waals surface area contributed by atoms with E-state index in [4.69, 9.17) is 5.11 Å². The molecule has 2 amide bonds. The van der Waals surface area contributed by atoms with E-state index in [1.54, 1.807) is 5.32 Å². The lowest BCUT2D eigenvalue weighted by Gasteiger charge is -2.16. The molecule has 0 aliphatic heterocycles. The van der Waals surface area contributed by atoms with Crippen LogP contribution in [0, 0.1) is 0 Å². The van der Waals surface area contributed by atoms with Crippen LogP contribution in [0.5, 0.6) is 0 Å². The minimum Gasteiger partial charge on any atom is -0.478 e. The second kappa shape index (κ2) is 6.74. The van der Waals surface area contributed by atoms with E-state index >= 15 is 0 Å². The summed E-state index contributed by atoms with van der Waals surface area (Å²) >= 11 is 3.01. The highest BCUT2D eigenvalue weighted by molar-refractivity contribution is 9.10. The largest absolute Gasteiger partial charge is 0.478 e. The Hall–Kier alpha value is -1.84. The summed E-state index contributed by atoms with van der Waals surface area (Å²) in [5.41, 5.74) is -0.155. The van der Waals surface area contributed by atoms with Crippen LogP contribution in [0.25, 0.3) is 0 Å². The van der Waals surface area contributed by atoms with Gasteiger partial charge < -0.3 is 15.7 Å². The maximum Gasteiger partial charge on any atom is 0.335 e. The van der Waals surface area contributed by atoms with E-state index in [0.29, 0.717) is 4.47 Å². The maximum atomic E-state index is 12.6. The van der Waals surface area contributed by atoms with Gasteiger partial charge in [0.25, 0.3) is 0 Å². The molecule has 0 aromatic heterocycles. The van der Waals surface area contributed by atoms with Crippen molar-refractivity contribution in [3.05, 3.63) is 28.2 Å². The number of carbonyl (C=O) groups is 2. The molecule has 0 spiro atoms. The fraction of sp³-hybridized carbons (Fsp3) is 0.273. The van der Waals surface area contributed by atoms with Crippen molar-refractivity contribution in [3.8, 4) is 0 Å². The van der Waals surface area contributed by atoms with Gasteiger partial charge in [0.2, 0.25) is 0 Å². The molecule has 1 aromatic carbocycles. The number of hydrogen-bond donors (Lipinski definition) is 3. The summed E-state index contributed by atoms with van der Waals surface area (Å²) in [5, 5.41) is 12.5. The Bertz CT molecular complexity index is 554. The Morgan fingerprint density at radius 2 is 1.90 bits per heavy atom. The number of aromatic carboxylic acids is 1. The van der Waals surface area contributed by atoms with Gasteiger partial charge in [-0.05, 0) is 18.2 Å². The maximum absolute atomic E-state index is 12.6. The molecule has 0 saturated heterocycles. The number of halogens is 5. The average Bonchev–Trinajstić information content (AvgIpc) is 2.35. The lowest BCUT2D eigenvalue weighted by atomic mass is 10.2. The molecule has 21 heavy (non-hydrogen) atoms. The zero-order valence-electron chi connectivity index (χ0n) is 10.2. The fourth-order valence-electron chi connectivity index (χ4n) is 1.24. The van der Waals surface area contributed by atoms with Crippen molar-refractivity contribution in [2.24, 2.45) is 0 Å². The zero-order chi connectivity index (χ0) is 16.2. The van der Waals surface area contributed by atoms with E-state index in [9.17, 15) is 27.2 Å². The number of urea groups is 1. The van der Waals surface area contributed by atoms with Crippen molar-refractivity contribution in [1.29, 1.82) is 0 Å². The molecule has 0 aliphatic rings. The fourth-order valence-corrected chi connectivity index (χ4v) is 1.73.